The van der Waals surface area contributed by atoms with Gasteiger partial charge in [-0.3, -0.25) is 0 Å². The SMILES string of the molecule is NC(=O)O[C@H]1CCC[C@@H](NC(=O)N2CCCC2)C1. The number of primary amides is 1. The van der Waals surface area contributed by atoms with Gasteiger partial charge in [-0.2, -0.15) is 0 Å². The van der Waals surface area contributed by atoms with Crippen LogP contribution < -0.4 is 11.1 Å². The van der Waals surface area contributed by atoms with Gasteiger partial charge < -0.3 is 20.7 Å². The standard InChI is InChI=1S/C12H21N3O3/c13-11(16)18-10-5-3-4-9(8-10)14-12(17)15-6-1-2-7-15/h9-10H,1-8H2,(H2,13,16)(H,14,17)/t9-,10+/m1/s1. The Balaban J connectivity index is 1.78. The molecule has 1 heterocycles. The van der Waals surface area contributed by atoms with Crippen molar-refractivity contribution in [2.75, 3.05) is 13.1 Å². The molecule has 1 aliphatic heterocycles. The topological polar surface area (TPSA) is 84.7 Å². The van der Waals surface area contributed by atoms with E-state index in [2.05, 4.69) is 5.32 Å². The van der Waals surface area contributed by atoms with E-state index in [9.17, 15) is 9.59 Å². The summed E-state index contributed by atoms with van der Waals surface area (Å²) in [7, 11) is 0. The van der Waals surface area contributed by atoms with Crippen molar-refractivity contribution in [2.45, 2.75) is 50.7 Å². The Morgan fingerprint density at radius 2 is 1.89 bits per heavy atom. The fourth-order valence-electron chi connectivity index (χ4n) is 2.73. The summed E-state index contributed by atoms with van der Waals surface area (Å²) in [5.41, 5.74) is 5.01. The third-order valence-corrected chi connectivity index (χ3v) is 3.63. The molecular formula is C12H21N3O3. The van der Waals surface area contributed by atoms with Gasteiger partial charge in [0.25, 0.3) is 0 Å². The van der Waals surface area contributed by atoms with Gasteiger partial charge in [0.15, 0.2) is 0 Å². The molecule has 0 spiro atoms. The summed E-state index contributed by atoms with van der Waals surface area (Å²) in [6, 6.07) is 0.105. The molecule has 0 unspecified atom stereocenters. The zero-order chi connectivity index (χ0) is 13.0. The van der Waals surface area contributed by atoms with Gasteiger partial charge in [-0.25, -0.2) is 9.59 Å². The minimum atomic E-state index is -0.730. The monoisotopic (exact) mass is 255 g/mol. The summed E-state index contributed by atoms with van der Waals surface area (Å²) in [5.74, 6) is 0. The molecule has 1 saturated carbocycles. The Bertz CT molecular complexity index is 316. The molecule has 102 valence electrons. The molecule has 0 aromatic carbocycles. The van der Waals surface area contributed by atoms with Crippen molar-refractivity contribution in [2.24, 2.45) is 5.73 Å². The lowest BCUT2D eigenvalue weighted by atomic mass is 9.93. The number of nitrogens with one attached hydrogen (secondary N) is 1. The van der Waals surface area contributed by atoms with Crippen molar-refractivity contribution in [3.05, 3.63) is 0 Å². The maximum Gasteiger partial charge on any atom is 0.404 e. The minimum Gasteiger partial charge on any atom is -0.446 e. The van der Waals surface area contributed by atoms with E-state index < -0.39 is 6.09 Å². The molecule has 1 saturated heterocycles. The Morgan fingerprint density at radius 1 is 1.17 bits per heavy atom. The first kappa shape index (κ1) is 13.0. The average molecular weight is 255 g/mol. The Kier molecular flexibility index (Phi) is 4.28. The van der Waals surface area contributed by atoms with Crippen LogP contribution in [0.3, 0.4) is 0 Å². The maximum absolute atomic E-state index is 11.9. The van der Waals surface area contributed by atoms with Gasteiger partial charge in [-0.15, -0.1) is 0 Å². The molecule has 2 aliphatic rings. The molecule has 1 aliphatic carbocycles. The fraction of sp³-hybridized carbons (Fsp3) is 0.833. The number of nitrogens with two attached hydrogens (primary N) is 1. The molecular weight excluding hydrogens is 234 g/mol. The summed E-state index contributed by atoms with van der Waals surface area (Å²) >= 11 is 0. The Hall–Kier alpha value is -1.46. The molecule has 6 heteroatoms. The minimum absolute atomic E-state index is 0.0113. The predicted molar refractivity (Wildman–Crippen MR) is 66.1 cm³/mol. The number of ether oxygens (including phenoxy) is 1. The van der Waals surface area contributed by atoms with Crippen LogP contribution in [0.4, 0.5) is 9.59 Å². The van der Waals surface area contributed by atoms with Crippen molar-refractivity contribution < 1.29 is 14.3 Å². The lowest BCUT2D eigenvalue weighted by Gasteiger charge is -2.30. The lowest BCUT2D eigenvalue weighted by molar-refractivity contribution is 0.0734. The molecule has 18 heavy (non-hydrogen) atoms. The molecule has 0 radical (unpaired) electrons. The van der Waals surface area contributed by atoms with Crippen LogP contribution in [0.15, 0.2) is 0 Å². The van der Waals surface area contributed by atoms with Gasteiger partial charge in [0.1, 0.15) is 6.10 Å². The number of carbonyl (C=O) groups excluding carboxylic acids is 2. The smallest absolute Gasteiger partial charge is 0.404 e. The van der Waals surface area contributed by atoms with E-state index in [4.69, 9.17) is 10.5 Å². The molecule has 0 aromatic rings. The van der Waals surface area contributed by atoms with E-state index in [0.29, 0.717) is 6.42 Å². The zero-order valence-corrected chi connectivity index (χ0v) is 10.6. The molecule has 3 amide bonds. The highest BCUT2D eigenvalue weighted by Crippen LogP contribution is 2.21. The van der Waals surface area contributed by atoms with Crippen molar-refractivity contribution in [1.29, 1.82) is 0 Å². The highest BCUT2D eigenvalue weighted by molar-refractivity contribution is 5.74. The van der Waals surface area contributed by atoms with E-state index >= 15 is 0 Å². The van der Waals surface area contributed by atoms with Crippen molar-refractivity contribution in [1.82, 2.24) is 10.2 Å². The third-order valence-electron chi connectivity index (χ3n) is 3.63. The molecule has 2 atom stereocenters. The first-order chi connectivity index (χ1) is 8.65. The van der Waals surface area contributed by atoms with Crippen molar-refractivity contribution in [3.8, 4) is 0 Å². The summed E-state index contributed by atoms with van der Waals surface area (Å²) < 4.78 is 5.00. The highest BCUT2D eigenvalue weighted by Gasteiger charge is 2.27. The number of hydrogen-bond donors (Lipinski definition) is 2. The first-order valence-corrected chi connectivity index (χ1v) is 6.66. The van der Waals surface area contributed by atoms with Crippen LogP contribution in [-0.2, 0) is 4.74 Å². The number of amides is 3. The number of carbonyl (C=O) groups is 2. The van der Waals surface area contributed by atoms with Gasteiger partial charge in [0.2, 0.25) is 0 Å². The largest absolute Gasteiger partial charge is 0.446 e. The molecule has 3 N–H and O–H groups in total. The quantitative estimate of drug-likeness (QED) is 0.777. The van der Waals surface area contributed by atoms with E-state index in [1.807, 2.05) is 4.90 Å². The second-order valence-corrected chi connectivity index (χ2v) is 5.07. The van der Waals surface area contributed by atoms with Crippen molar-refractivity contribution in [3.63, 3.8) is 0 Å². The molecule has 2 rings (SSSR count). The zero-order valence-electron chi connectivity index (χ0n) is 10.6. The highest BCUT2D eigenvalue weighted by atomic mass is 16.6. The van der Waals surface area contributed by atoms with Gasteiger partial charge in [-0.1, -0.05) is 0 Å². The first-order valence-electron chi connectivity index (χ1n) is 6.66. The van der Waals surface area contributed by atoms with Crippen LogP contribution in [0.25, 0.3) is 0 Å². The second-order valence-electron chi connectivity index (χ2n) is 5.07. The summed E-state index contributed by atoms with van der Waals surface area (Å²) in [5, 5.41) is 3.02. The number of rotatable bonds is 2. The van der Waals surface area contributed by atoms with Gasteiger partial charge in [-0.05, 0) is 32.1 Å². The third kappa shape index (κ3) is 3.51. The van der Waals surface area contributed by atoms with Crippen LogP contribution >= 0.6 is 0 Å². The maximum atomic E-state index is 11.9. The van der Waals surface area contributed by atoms with Crippen LogP contribution in [0.1, 0.15) is 38.5 Å². The lowest BCUT2D eigenvalue weighted by Crippen LogP contribution is -2.46. The van der Waals surface area contributed by atoms with Gasteiger partial charge >= 0.3 is 12.1 Å². The summed E-state index contributed by atoms with van der Waals surface area (Å²) in [6.07, 6.45) is 4.69. The average Bonchev–Trinajstić information content (AvgIpc) is 2.81. The number of nitrogens with zero attached hydrogens (tertiary/aromatic N) is 1. The Labute approximate surface area is 107 Å². The fourth-order valence-corrected chi connectivity index (χ4v) is 2.73. The molecule has 2 fully saturated rings. The normalized spacial score (nSPS) is 27.9. The van der Waals surface area contributed by atoms with E-state index in [-0.39, 0.29) is 18.2 Å². The van der Waals surface area contributed by atoms with Crippen LogP contribution in [0.2, 0.25) is 0 Å². The predicted octanol–water partition coefficient (Wildman–Crippen LogP) is 1.20. The number of hydrogen-bond acceptors (Lipinski definition) is 3. The molecule has 0 aromatic heterocycles. The van der Waals surface area contributed by atoms with Crippen LogP contribution in [0.5, 0.6) is 0 Å². The van der Waals surface area contributed by atoms with E-state index in [0.717, 1.165) is 45.2 Å². The summed E-state index contributed by atoms with van der Waals surface area (Å²) in [4.78, 5) is 24.5. The van der Waals surface area contributed by atoms with E-state index in [1.165, 1.54) is 0 Å². The molecule has 6 nitrogen and oxygen atoms in total. The van der Waals surface area contributed by atoms with Crippen LogP contribution in [0, 0.1) is 0 Å². The number of urea groups is 1. The van der Waals surface area contributed by atoms with E-state index in [1.54, 1.807) is 0 Å². The number of likely N-dealkylation sites (tertiary alicyclic amines) is 1. The summed E-state index contributed by atoms with van der Waals surface area (Å²) in [6.45, 7) is 1.69. The second kappa shape index (κ2) is 5.93. The van der Waals surface area contributed by atoms with Gasteiger partial charge in [0, 0.05) is 25.6 Å². The van der Waals surface area contributed by atoms with Crippen LogP contribution in [-0.4, -0.2) is 42.3 Å². The molecule has 0 bridgehead atoms. The van der Waals surface area contributed by atoms with Gasteiger partial charge in [0.05, 0.1) is 0 Å². The van der Waals surface area contributed by atoms with Crippen molar-refractivity contribution >= 4 is 12.1 Å². The Morgan fingerprint density at radius 3 is 2.56 bits per heavy atom.